The minimum Gasteiger partial charge on any atom is -0.497 e. The highest BCUT2D eigenvalue weighted by atomic mass is 16.5. The van der Waals surface area contributed by atoms with Gasteiger partial charge in [0.1, 0.15) is 17.1 Å². The minimum atomic E-state index is -0.898. The lowest BCUT2D eigenvalue weighted by Crippen LogP contribution is -2.36. The quantitative estimate of drug-likeness (QED) is 0.137. The maximum Gasteiger partial charge on any atom is 0.143 e. The fraction of sp³-hybridized carbons (Fsp3) is 0.294. The number of hydrogen-bond acceptors (Lipinski definition) is 5. The van der Waals surface area contributed by atoms with Gasteiger partial charge in [-0.3, -0.25) is 0 Å². The molecule has 4 rings (SSSR count). The van der Waals surface area contributed by atoms with Crippen molar-refractivity contribution in [3.05, 3.63) is 131 Å². The van der Waals surface area contributed by atoms with Gasteiger partial charge < -0.3 is 24.1 Å². The molecule has 0 aromatic heterocycles. The fourth-order valence-corrected chi connectivity index (χ4v) is 4.78. The third-order valence-electron chi connectivity index (χ3n) is 6.92. The van der Waals surface area contributed by atoms with E-state index in [0.717, 1.165) is 53.0 Å². The number of aliphatic hydroxyl groups excluding tert-OH is 1. The topological polar surface area (TPSA) is 57.2 Å². The van der Waals surface area contributed by atoms with Crippen molar-refractivity contribution in [3.8, 4) is 11.5 Å². The molecule has 39 heavy (non-hydrogen) atoms. The molecular weight excluding hydrogens is 488 g/mol. The van der Waals surface area contributed by atoms with Gasteiger partial charge in [-0.25, -0.2) is 0 Å². The lowest BCUT2D eigenvalue weighted by atomic mass is 9.80. The third kappa shape index (κ3) is 7.27. The Morgan fingerprint density at radius 2 is 1.15 bits per heavy atom. The van der Waals surface area contributed by atoms with Crippen LogP contribution in [-0.2, 0) is 21.7 Å². The van der Waals surface area contributed by atoms with Gasteiger partial charge in [0, 0.05) is 6.61 Å². The van der Waals surface area contributed by atoms with E-state index in [4.69, 9.17) is 18.9 Å². The van der Waals surface area contributed by atoms with E-state index in [0.29, 0.717) is 13.2 Å². The number of ether oxygens (including phenoxy) is 4. The number of methoxy groups -OCH3 is 2. The van der Waals surface area contributed by atoms with Crippen molar-refractivity contribution in [1.29, 1.82) is 0 Å². The average molecular weight is 527 g/mol. The largest absolute Gasteiger partial charge is 0.497 e. The van der Waals surface area contributed by atoms with E-state index in [-0.39, 0.29) is 12.7 Å². The zero-order valence-electron chi connectivity index (χ0n) is 22.8. The summed E-state index contributed by atoms with van der Waals surface area (Å²) in [6, 6.07) is 36.5. The Bertz CT molecular complexity index is 1180. The van der Waals surface area contributed by atoms with E-state index in [2.05, 4.69) is 48.5 Å². The van der Waals surface area contributed by atoms with Crippen LogP contribution in [0.15, 0.2) is 109 Å². The first-order chi connectivity index (χ1) is 19.2. The second-order valence-electron chi connectivity index (χ2n) is 9.45. The maximum absolute atomic E-state index is 9.39. The van der Waals surface area contributed by atoms with E-state index in [1.54, 1.807) is 14.2 Å². The fourth-order valence-electron chi connectivity index (χ4n) is 4.78. The van der Waals surface area contributed by atoms with Crippen LogP contribution in [0.5, 0.6) is 11.5 Å². The van der Waals surface area contributed by atoms with Crippen molar-refractivity contribution in [2.45, 2.75) is 37.6 Å². The Balaban J connectivity index is 1.73. The van der Waals surface area contributed by atoms with Crippen molar-refractivity contribution >= 4 is 0 Å². The molecule has 204 valence electrons. The molecule has 1 N–H and O–H groups in total. The van der Waals surface area contributed by atoms with E-state index < -0.39 is 5.60 Å². The third-order valence-corrected chi connectivity index (χ3v) is 6.92. The summed E-state index contributed by atoms with van der Waals surface area (Å²) in [7, 11) is 3.33. The molecule has 5 heteroatoms. The molecule has 0 saturated carbocycles. The molecule has 0 aliphatic rings. The SMILES string of the molecule is COc1ccc(C(OCC(CCCCO)OCc2ccccc2)(c2ccccc2)c2ccc(OC)cc2)cc1. The second kappa shape index (κ2) is 14.5. The van der Waals surface area contributed by atoms with Crippen LogP contribution in [0.25, 0.3) is 0 Å². The number of benzene rings is 4. The summed E-state index contributed by atoms with van der Waals surface area (Å²) < 4.78 is 24.4. The van der Waals surface area contributed by atoms with Crippen LogP contribution in [0.4, 0.5) is 0 Å². The predicted octanol–water partition coefficient (Wildman–Crippen LogP) is 6.76. The summed E-state index contributed by atoms with van der Waals surface area (Å²) in [5.74, 6) is 1.56. The van der Waals surface area contributed by atoms with Gasteiger partial charge >= 0.3 is 0 Å². The number of unbranched alkanes of at least 4 members (excludes halogenated alkanes) is 1. The van der Waals surface area contributed by atoms with Crippen molar-refractivity contribution in [1.82, 2.24) is 0 Å². The van der Waals surface area contributed by atoms with Gasteiger partial charge in [0.2, 0.25) is 0 Å². The molecule has 4 aromatic rings. The lowest BCUT2D eigenvalue weighted by molar-refractivity contribution is -0.0732. The maximum atomic E-state index is 9.39. The monoisotopic (exact) mass is 526 g/mol. The summed E-state index contributed by atoms with van der Waals surface area (Å²) in [4.78, 5) is 0. The minimum absolute atomic E-state index is 0.156. The van der Waals surface area contributed by atoms with Crippen molar-refractivity contribution in [2.24, 2.45) is 0 Å². The number of aliphatic hydroxyl groups is 1. The second-order valence-corrected chi connectivity index (χ2v) is 9.45. The first-order valence-electron chi connectivity index (χ1n) is 13.4. The van der Waals surface area contributed by atoms with Crippen molar-refractivity contribution < 1.29 is 24.1 Å². The van der Waals surface area contributed by atoms with Gasteiger partial charge in [-0.15, -0.1) is 0 Å². The van der Waals surface area contributed by atoms with E-state index in [1.807, 2.05) is 60.7 Å². The summed E-state index contributed by atoms with van der Waals surface area (Å²) in [6.45, 7) is 1.03. The standard InChI is InChI=1S/C34H38O5/c1-36-31-20-16-29(17-21-31)34(28-13-7-4-8-14-28,30-18-22-32(37-2)23-19-30)39-26-33(15-9-10-24-35)38-25-27-11-5-3-6-12-27/h3-8,11-14,16-23,33,35H,9-10,15,24-26H2,1-2H3. The predicted molar refractivity (Wildman–Crippen MR) is 154 cm³/mol. The zero-order chi connectivity index (χ0) is 27.3. The van der Waals surface area contributed by atoms with Gasteiger partial charge in [-0.05, 0) is 65.8 Å². The molecule has 4 aromatic carbocycles. The molecule has 0 bridgehead atoms. The van der Waals surface area contributed by atoms with Gasteiger partial charge in [-0.1, -0.05) is 84.9 Å². The molecule has 0 saturated heterocycles. The van der Waals surface area contributed by atoms with Crippen LogP contribution >= 0.6 is 0 Å². The Kier molecular flexibility index (Phi) is 10.5. The molecule has 0 aliphatic heterocycles. The number of hydrogen-bond donors (Lipinski definition) is 1. The molecule has 0 fully saturated rings. The molecule has 0 heterocycles. The van der Waals surface area contributed by atoms with E-state index in [9.17, 15) is 5.11 Å². The molecule has 0 aliphatic carbocycles. The molecule has 5 nitrogen and oxygen atoms in total. The van der Waals surface area contributed by atoms with Crippen LogP contribution in [0, 0.1) is 0 Å². The molecule has 1 atom stereocenters. The summed E-state index contributed by atoms with van der Waals surface area (Å²) in [5, 5.41) is 9.39. The lowest BCUT2D eigenvalue weighted by Gasteiger charge is -2.37. The van der Waals surface area contributed by atoms with Crippen molar-refractivity contribution in [3.63, 3.8) is 0 Å². The highest BCUT2D eigenvalue weighted by Crippen LogP contribution is 2.42. The molecule has 1 unspecified atom stereocenters. The van der Waals surface area contributed by atoms with Gasteiger partial charge in [0.15, 0.2) is 0 Å². The highest BCUT2D eigenvalue weighted by Gasteiger charge is 2.38. The Hall–Kier alpha value is -3.64. The Morgan fingerprint density at radius 3 is 1.67 bits per heavy atom. The van der Waals surface area contributed by atoms with E-state index >= 15 is 0 Å². The molecular formula is C34H38O5. The van der Waals surface area contributed by atoms with Crippen LogP contribution in [0.2, 0.25) is 0 Å². The first kappa shape index (κ1) is 28.4. The van der Waals surface area contributed by atoms with Gasteiger partial charge in [-0.2, -0.15) is 0 Å². The van der Waals surface area contributed by atoms with Crippen LogP contribution in [0.1, 0.15) is 41.5 Å². The summed E-state index contributed by atoms with van der Waals surface area (Å²) in [5.41, 5.74) is 3.20. The molecule has 0 spiro atoms. The summed E-state index contributed by atoms with van der Waals surface area (Å²) in [6.07, 6.45) is 2.20. The Morgan fingerprint density at radius 1 is 0.641 bits per heavy atom. The normalized spacial score (nSPS) is 12.2. The molecule has 0 radical (unpaired) electrons. The Labute approximate surface area is 232 Å². The number of rotatable bonds is 15. The average Bonchev–Trinajstić information content (AvgIpc) is 3.01. The first-order valence-corrected chi connectivity index (χ1v) is 13.4. The highest BCUT2D eigenvalue weighted by molar-refractivity contribution is 5.49. The van der Waals surface area contributed by atoms with Crippen LogP contribution in [0.3, 0.4) is 0 Å². The van der Waals surface area contributed by atoms with E-state index in [1.165, 1.54) is 0 Å². The van der Waals surface area contributed by atoms with Crippen molar-refractivity contribution in [2.75, 3.05) is 27.4 Å². The smallest absolute Gasteiger partial charge is 0.143 e. The van der Waals surface area contributed by atoms with Crippen LogP contribution in [-0.4, -0.2) is 38.6 Å². The van der Waals surface area contributed by atoms with Crippen LogP contribution < -0.4 is 9.47 Å². The van der Waals surface area contributed by atoms with Gasteiger partial charge in [0.05, 0.1) is 33.5 Å². The zero-order valence-corrected chi connectivity index (χ0v) is 22.8. The van der Waals surface area contributed by atoms with Gasteiger partial charge in [0.25, 0.3) is 0 Å². The summed E-state index contributed by atoms with van der Waals surface area (Å²) >= 11 is 0. The molecule has 0 amide bonds.